The first-order chi connectivity index (χ1) is 14.0. The van der Waals surface area contributed by atoms with Gasteiger partial charge in [-0.05, 0) is 19.3 Å². The zero-order chi connectivity index (χ0) is 21.7. The molecule has 0 heterocycles. The van der Waals surface area contributed by atoms with Gasteiger partial charge in [0.1, 0.15) is 11.3 Å². The molecule has 0 aromatic heterocycles. The molecule has 0 aromatic carbocycles. The summed E-state index contributed by atoms with van der Waals surface area (Å²) in [5.41, 5.74) is -0.401. The van der Waals surface area contributed by atoms with E-state index in [9.17, 15) is 19.8 Å². The number of aliphatic hydroxyl groups excluding tert-OH is 2. The summed E-state index contributed by atoms with van der Waals surface area (Å²) in [5.74, 6) is -2.00. The zero-order valence-electron chi connectivity index (χ0n) is 18.6. The second-order valence-electron chi connectivity index (χ2n) is 8.08. The smallest absolute Gasteiger partial charge is 0.342 e. The predicted octanol–water partition coefficient (Wildman–Crippen LogP) is 6.49. The van der Waals surface area contributed by atoms with Crippen LogP contribution in [0, 0.1) is 0 Å². The zero-order valence-corrected chi connectivity index (χ0v) is 18.6. The van der Waals surface area contributed by atoms with E-state index >= 15 is 0 Å². The number of unbranched alkanes of at least 4 members (excludes halogenated alkanes) is 14. The number of carbonyl (C=O) groups is 2. The number of hydrogen-bond acceptors (Lipinski definition) is 4. The fourth-order valence-corrected chi connectivity index (χ4v) is 3.54. The molecule has 0 fully saturated rings. The van der Waals surface area contributed by atoms with Crippen LogP contribution in [0.15, 0.2) is 11.3 Å². The highest BCUT2D eigenvalue weighted by Crippen LogP contribution is 2.17. The average molecular weight is 413 g/mol. The van der Waals surface area contributed by atoms with Crippen molar-refractivity contribution in [2.75, 3.05) is 6.61 Å². The van der Waals surface area contributed by atoms with Crippen LogP contribution < -0.4 is 0 Å². The van der Waals surface area contributed by atoms with Crippen molar-refractivity contribution in [3.8, 4) is 0 Å². The first-order valence-corrected chi connectivity index (χ1v) is 11.8. The average Bonchev–Trinajstić information content (AvgIpc) is 2.68. The van der Waals surface area contributed by atoms with Crippen LogP contribution in [0.25, 0.3) is 0 Å². The lowest BCUT2D eigenvalue weighted by Gasteiger charge is -2.07. The van der Waals surface area contributed by atoms with Crippen molar-refractivity contribution in [2.45, 2.75) is 122 Å². The van der Waals surface area contributed by atoms with Crippen molar-refractivity contribution >= 4 is 11.8 Å². The number of carboxylic acids is 1. The van der Waals surface area contributed by atoms with Gasteiger partial charge in [-0.2, -0.15) is 0 Å². The van der Waals surface area contributed by atoms with E-state index in [1.807, 2.05) is 0 Å². The van der Waals surface area contributed by atoms with Crippen LogP contribution >= 0.6 is 0 Å². The normalized spacial score (nSPS) is 12.1. The first kappa shape index (κ1) is 27.6. The Balaban J connectivity index is 3.90. The standard InChI is InChI=1S/C24H44O5/c1-2-3-4-12-15-18-21(26)23(24(28)29)22(27)19-16-13-10-8-6-5-7-9-11-14-17-20-25/h25-26H,2-20H2,1H3,(H,28,29). The van der Waals surface area contributed by atoms with Gasteiger partial charge in [0, 0.05) is 19.4 Å². The molecular weight excluding hydrogens is 368 g/mol. The molecule has 29 heavy (non-hydrogen) atoms. The maximum atomic E-state index is 12.2. The second kappa shape index (κ2) is 19.9. The highest BCUT2D eigenvalue weighted by Gasteiger charge is 2.21. The summed E-state index contributed by atoms with van der Waals surface area (Å²) >= 11 is 0. The summed E-state index contributed by atoms with van der Waals surface area (Å²) in [6.45, 7) is 2.42. The van der Waals surface area contributed by atoms with Crippen LogP contribution in [0.4, 0.5) is 0 Å². The molecule has 5 heteroatoms. The molecule has 3 N–H and O–H groups in total. The maximum absolute atomic E-state index is 12.2. The van der Waals surface area contributed by atoms with Gasteiger partial charge in [-0.25, -0.2) is 4.79 Å². The van der Waals surface area contributed by atoms with Gasteiger partial charge in [-0.3, -0.25) is 4.79 Å². The Labute approximate surface area is 177 Å². The van der Waals surface area contributed by atoms with E-state index in [1.54, 1.807) is 0 Å². The van der Waals surface area contributed by atoms with Crippen LogP contribution in [-0.4, -0.2) is 33.7 Å². The van der Waals surface area contributed by atoms with E-state index in [1.165, 1.54) is 32.1 Å². The summed E-state index contributed by atoms with van der Waals surface area (Å²) in [7, 11) is 0. The molecule has 0 atom stereocenters. The van der Waals surface area contributed by atoms with Crippen molar-refractivity contribution in [1.29, 1.82) is 0 Å². The number of ketones is 1. The molecule has 0 aromatic rings. The number of rotatable bonds is 21. The largest absolute Gasteiger partial charge is 0.511 e. The minimum absolute atomic E-state index is 0.201. The van der Waals surface area contributed by atoms with Crippen molar-refractivity contribution in [2.24, 2.45) is 0 Å². The minimum Gasteiger partial charge on any atom is -0.511 e. The van der Waals surface area contributed by atoms with E-state index in [0.717, 1.165) is 64.2 Å². The second-order valence-corrected chi connectivity index (χ2v) is 8.08. The van der Waals surface area contributed by atoms with Crippen LogP contribution in [0.2, 0.25) is 0 Å². The minimum atomic E-state index is -1.31. The molecule has 0 aliphatic rings. The SMILES string of the molecule is CCCCCCCC(O)=C(C(=O)O)C(=O)CCCCCCCCCCCCCO. The van der Waals surface area contributed by atoms with Crippen LogP contribution in [0.3, 0.4) is 0 Å². The Kier molecular flexibility index (Phi) is 19.0. The molecule has 0 saturated carbocycles. The Morgan fingerprint density at radius 3 is 1.45 bits per heavy atom. The summed E-state index contributed by atoms with van der Waals surface area (Å²) in [4.78, 5) is 23.6. The van der Waals surface area contributed by atoms with Crippen molar-refractivity contribution in [3.05, 3.63) is 11.3 Å². The molecule has 0 unspecified atom stereocenters. The molecule has 0 aliphatic heterocycles. The monoisotopic (exact) mass is 412 g/mol. The third-order valence-electron chi connectivity index (χ3n) is 5.36. The van der Waals surface area contributed by atoms with E-state index in [-0.39, 0.29) is 18.6 Å². The van der Waals surface area contributed by atoms with Crippen molar-refractivity contribution < 1.29 is 24.9 Å². The van der Waals surface area contributed by atoms with Gasteiger partial charge in [0.15, 0.2) is 5.78 Å². The van der Waals surface area contributed by atoms with E-state index < -0.39 is 17.3 Å². The molecule has 0 aliphatic carbocycles. The summed E-state index contributed by atoms with van der Waals surface area (Å²) in [6, 6.07) is 0. The highest BCUT2D eigenvalue weighted by atomic mass is 16.4. The quantitative estimate of drug-likeness (QED) is 0.0658. The third kappa shape index (κ3) is 16.2. The molecule has 0 spiro atoms. The summed E-state index contributed by atoms with van der Waals surface area (Å²) < 4.78 is 0. The predicted molar refractivity (Wildman–Crippen MR) is 118 cm³/mol. The molecule has 0 radical (unpaired) electrons. The van der Waals surface area contributed by atoms with E-state index in [4.69, 9.17) is 5.11 Å². The Morgan fingerprint density at radius 1 is 0.586 bits per heavy atom. The van der Waals surface area contributed by atoms with Gasteiger partial charge in [-0.15, -0.1) is 0 Å². The summed E-state index contributed by atoms with van der Waals surface area (Å²) in [5, 5.41) is 28.1. The Morgan fingerprint density at radius 2 is 1.00 bits per heavy atom. The fraction of sp³-hybridized carbons (Fsp3) is 0.833. The maximum Gasteiger partial charge on any atom is 0.342 e. The first-order valence-electron chi connectivity index (χ1n) is 11.8. The molecule has 5 nitrogen and oxygen atoms in total. The molecule has 0 rings (SSSR count). The molecular formula is C24H44O5. The molecule has 170 valence electrons. The van der Waals surface area contributed by atoms with Gasteiger partial charge >= 0.3 is 5.97 Å². The lowest BCUT2D eigenvalue weighted by molar-refractivity contribution is -0.135. The Hall–Kier alpha value is -1.36. The fourth-order valence-electron chi connectivity index (χ4n) is 3.54. The van der Waals surface area contributed by atoms with Crippen LogP contribution in [0.5, 0.6) is 0 Å². The number of hydrogen-bond donors (Lipinski definition) is 3. The third-order valence-corrected chi connectivity index (χ3v) is 5.36. The number of allylic oxidation sites excluding steroid dienone is 1. The van der Waals surface area contributed by atoms with Gasteiger partial charge in [0.25, 0.3) is 0 Å². The number of aliphatic carboxylic acids is 1. The lowest BCUT2D eigenvalue weighted by Crippen LogP contribution is -2.15. The van der Waals surface area contributed by atoms with Gasteiger partial charge in [0.05, 0.1) is 0 Å². The molecule has 0 amide bonds. The molecule has 0 bridgehead atoms. The summed E-state index contributed by atoms with van der Waals surface area (Å²) in [6.07, 6.45) is 17.4. The van der Waals surface area contributed by atoms with Gasteiger partial charge in [-0.1, -0.05) is 90.4 Å². The number of Topliss-reactive ketones (excluding diaryl/α,β-unsaturated/α-hetero) is 1. The topological polar surface area (TPSA) is 94.8 Å². The van der Waals surface area contributed by atoms with E-state index in [2.05, 4.69) is 6.92 Å². The van der Waals surface area contributed by atoms with Crippen molar-refractivity contribution in [1.82, 2.24) is 0 Å². The van der Waals surface area contributed by atoms with Gasteiger partial charge < -0.3 is 15.3 Å². The number of carbonyl (C=O) groups excluding carboxylic acids is 1. The number of aliphatic hydroxyl groups is 2. The van der Waals surface area contributed by atoms with Crippen molar-refractivity contribution in [3.63, 3.8) is 0 Å². The van der Waals surface area contributed by atoms with Gasteiger partial charge in [0.2, 0.25) is 0 Å². The number of carboxylic acid groups (broad SMARTS) is 1. The highest BCUT2D eigenvalue weighted by molar-refractivity contribution is 6.16. The van der Waals surface area contributed by atoms with Crippen LogP contribution in [-0.2, 0) is 9.59 Å². The Bertz CT molecular complexity index is 456. The lowest BCUT2D eigenvalue weighted by atomic mass is 10.00. The van der Waals surface area contributed by atoms with E-state index in [0.29, 0.717) is 13.0 Å². The molecule has 0 saturated heterocycles. The van der Waals surface area contributed by atoms with Crippen LogP contribution in [0.1, 0.15) is 122 Å².